The fraction of sp³-hybridized carbons (Fsp3) is 0.833. The molecule has 0 aromatic carbocycles. The Hall–Kier alpha value is 0.226. The van der Waals surface area contributed by atoms with Gasteiger partial charge in [0.25, 0.3) is 0 Å². The summed E-state index contributed by atoms with van der Waals surface area (Å²) in [7, 11) is 0. The fourth-order valence-electron chi connectivity index (χ4n) is 1.07. The first-order chi connectivity index (χ1) is 8.81. The molecule has 0 bridgehead atoms. The molecule has 0 aliphatic carbocycles. The summed E-state index contributed by atoms with van der Waals surface area (Å²) in [5.74, 6) is -19.3. The standard InChI is InChI=1S/C6HF12NO2.K/c7-2(8,1(20)21)3(9,4(10,11)12)19(5(13,14)15)6(16,17)18;/h(H,20,21);/q;+1/p-1. The van der Waals surface area contributed by atoms with E-state index in [1.807, 2.05) is 0 Å². The van der Waals surface area contributed by atoms with Crippen LogP contribution in [-0.2, 0) is 4.79 Å². The molecule has 16 heteroatoms. The van der Waals surface area contributed by atoms with E-state index in [-0.39, 0.29) is 51.4 Å². The molecule has 1 atom stereocenters. The Labute approximate surface area is 154 Å². The van der Waals surface area contributed by atoms with Crippen LogP contribution in [0.2, 0.25) is 0 Å². The topological polar surface area (TPSA) is 43.4 Å². The Balaban J connectivity index is 0. The summed E-state index contributed by atoms with van der Waals surface area (Å²) in [6, 6.07) is 0. The Morgan fingerprint density at radius 3 is 1.14 bits per heavy atom. The van der Waals surface area contributed by atoms with Gasteiger partial charge in [-0.1, -0.05) is 4.90 Å². The van der Waals surface area contributed by atoms with Gasteiger partial charge in [-0.3, -0.25) is 0 Å². The average Bonchev–Trinajstić information content (AvgIpc) is 2.09. The van der Waals surface area contributed by atoms with E-state index in [2.05, 4.69) is 0 Å². The molecule has 0 spiro atoms. The first-order valence-electron chi connectivity index (χ1n) is 4.10. The van der Waals surface area contributed by atoms with Crippen molar-refractivity contribution in [2.45, 2.75) is 30.5 Å². The van der Waals surface area contributed by atoms with Gasteiger partial charge in [0.2, 0.25) is 0 Å². The number of alkyl halides is 12. The number of carbonyl (C=O) groups excluding carboxylic acids is 1. The Bertz CT molecular complexity index is 399. The quantitative estimate of drug-likeness (QED) is 0.354. The molecule has 0 aromatic heterocycles. The van der Waals surface area contributed by atoms with Crippen molar-refractivity contribution in [1.82, 2.24) is 4.90 Å². The van der Waals surface area contributed by atoms with Crippen LogP contribution in [0.25, 0.3) is 0 Å². The Morgan fingerprint density at radius 2 is 1.00 bits per heavy atom. The van der Waals surface area contributed by atoms with Crippen LogP contribution in [-0.4, -0.2) is 41.4 Å². The van der Waals surface area contributed by atoms with Gasteiger partial charge < -0.3 is 9.90 Å². The van der Waals surface area contributed by atoms with Crippen molar-refractivity contribution in [3.8, 4) is 0 Å². The second-order valence-electron chi connectivity index (χ2n) is 3.25. The van der Waals surface area contributed by atoms with Crippen molar-refractivity contribution < 1.29 is 114 Å². The number of hydrogen-bond donors (Lipinski definition) is 0. The van der Waals surface area contributed by atoms with Crippen molar-refractivity contribution in [3.05, 3.63) is 0 Å². The van der Waals surface area contributed by atoms with Crippen LogP contribution < -0.4 is 56.5 Å². The van der Waals surface area contributed by atoms with E-state index in [4.69, 9.17) is 0 Å². The van der Waals surface area contributed by atoms with Crippen molar-refractivity contribution in [3.63, 3.8) is 0 Å². The average molecular weight is 385 g/mol. The number of carboxylic acid groups (broad SMARTS) is 1. The molecule has 0 saturated carbocycles. The van der Waals surface area contributed by atoms with E-state index in [0.717, 1.165) is 0 Å². The molecule has 0 saturated heterocycles. The molecule has 1 unspecified atom stereocenters. The third-order valence-electron chi connectivity index (χ3n) is 1.86. The second-order valence-corrected chi connectivity index (χ2v) is 3.25. The molecule has 0 aliphatic rings. The van der Waals surface area contributed by atoms with Crippen LogP contribution in [0.5, 0.6) is 0 Å². The van der Waals surface area contributed by atoms with Crippen LogP contribution in [0.15, 0.2) is 0 Å². The van der Waals surface area contributed by atoms with Crippen molar-refractivity contribution >= 4 is 5.97 Å². The van der Waals surface area contributed by atoms with Gasteiger partial charge >= 0.3 is 81.9 Å². The van der Waals surface area contributed by atoms with E-state index >= 15 is 0 Å². The number of rotatable bonds is 3. The van der Waals surface area contributed by atoms with Crippen LogP contribution in [0.1, 0.15) is 0 Å². The molecule has 0 radical (unpaired) electrons. The van der Waals surface area contributed by atoms with E-state index in [0.29, 0.717) is 0 Å². The predicted molar refractivity (Wildman–Crippen MR) is 33.8 cm³/mol. The summed E-state index contributed by atoms with van der Waals surface area (Å²) >= 11 is 0. The third kappa shape index (κ3) is 4.19. The van der Waals surface area contributed by atoms with Crippen molar-refractivity contribution in [2.75, 3.05) is 0 Å². The summed E-state index contributed by atoms with van der Waals surface area (Å²) in [6.45, 7) is 0. The molecule has 3 nitrogen and oxygen atoms in total. The minimum absolute atomic E-state index is 0. The van der Waals surface area contributed by atoms with E-state index < -0.39 is 41.4 Å². The number of hydrogen-bond acceptors (Lipinski definition) is 3. The summed E-state index contributed by atoms with van der Waals surface area (Å²) in [5.41, 5.74) is 0. The van der Waals surface area contributed by atoms with Gasteiger partial charge in [-0.05, 0) is 0 Å². The molecule has 0 N–H and O–H groups in total. The van der Waals surface area contributed by atoms with Gasteiger partial charge in [0.1, 0.15) is 5.97 Å². The van der Waals surface area contributed by atoms with Crippen LogP contribution in [0, 0.1) is 0 Å². The zero-order valence-corrected chi connectivity index (χ0v) is 12.9. The van der Waals surface area contributed by atoms with Crippen molar-refractivity contribution in [2.24, 2.45) is 0 Å². The summed E-state index contributed by atoms with van der Waals surface area (Å²) < 4.78 is 146. The van der Waals surface area contributed by atoms with E-state index in [1.165, 1.54) is 0 Å². The Kier molecular flexibility index (Phi) is 7.36. The van der Waals surface area contributed by atoms with Crippen LogP contribution in [0.4, 0.5) is 52.7 Å². The Morgan fingerprint density at radius 1 is 0.727 bits per heavy atom. The van der Waals surface area contributed by atoms with Gasteiger partial charge in [-0.2, -0.15) is 48.3 Å². The van der Waals surface area contributed by atoms with Gasteiger partial charge in [0.15, 0.2) is 0 Å². The zero-order valence-electron chi connectivity index (χ0n) is 9.80. The normalized spacial score (nSPS) is 17.0. The molecular formula is C6F12KNO2. The fourth-order valence-corrected chi connectivity index (χ4v) is 1.07. The minimum Gasteiger partial charge on any atom is -0.544 e. The summed E-state index contributed by atoms with van der Waals surface area (Å²) in [6.07, 6.45) is -22.3. The van der Waals surface area contributed by atoms with Crippen LogP contribution >= 0.6 is 0 Å². The smallest absolute Gasteiger partial charge is 0.544 e. The molecule has 0 rings (SSSR count). The molecule has 126 valence electrons. The molecule has 0 amide bonds. The number of carbonyl (C=O) groups is 1. The largest absolute Gasteiger partial charge is 1.00 e. The number of carboxylic acids is 1. The first-order valence-corrected chi connectivity index (χ1v) is 4.10. The predicted octanol–water partition coefficient (Wildman–Crippen LogP) is -1.05. The van der Waals surface area contributed by atoms with Crippen LogP contribution in [0.3, 0.4) is 0 Å². The van der Waals surface area contributed by atoms with Gasteiger partial charge in [-0.25, -0.2) is 4.39 Å². The summed E-state index contributed by atoms with van der Waals surface area (Å²) in [4.78, 5) is 5.52. The van der Waals surface area contributed by atoms with Crippen molar-refractivity contribution in [1.29, 1.82) is 0 Å². The third-order valence-corrected chi connectivity index (χ3v) is 1.86. The molecular weight excluding hydrogens is 385 g/mol. The van der Waals surface area contributed by atoms with E-state index in [9.17, 15) is 62.6 Å². The SMILES string of the molecule is O=C([O-])C(F)(F)C(F)(N(C(F)(F)F)C(F)(F)F)C(F)(F)F.[K+]. The molecule has 0 fully saturated rings. The number of halogens is 12. The van der Waals surface area contributed by atoms with Gasteiger partial charge in [-0.15, -0.1) is 0 Å². The molecule has 22 heavy (non-hydrogen) atoms. The number of aliphatic carboxylic acids is 1. The van der Waals surface area contributed by atoms with Gasteiger partial charge in [0, 0.05) is 0 Å². The second kappa shape index (κ2) is 6.62. The number of nitrogens with zero attached hydrogens (tertiary/aromatic N) is 1. The molecule has 0 aliphatic heterocycles. The summed E-state index contributed by atoms with van der Waals surface area (Å²) in [5, 5.41) is 9.71. The maximum Gasteiger partial charge on any atom is 1.00 e. The minimum atomic E-state index is -7.67. The maximum absolute atomic E-state index is 13.2. The van der Waals surface area contributed by atoms with E-state index in [1.54, 1.807) is 0 Å². The van der Waals surface area contributed by atoms with Gasteiger partial charge in [0.05, 0.1) is 0 Å². The molecule has 0 heterocycles. The maximum atomic E-state index is 13.2. The zero-order chi connectivity index (χ0) is 17.7. The monoisotopic (exact) mass is 385 g/mol. The first kappa shape index (κ1) is 24.5. The molecule has 0 aromatic rings.